The van der Waals surface area contributed by atoms with Gasteiger partial charge in [0.2, 0.25) is 0 Å². The fraction of sp³-hybridized carbons (Fsp3) is 0.478. The third-order valence-corrected chi connectivity index (χ3v) is 5.21. The number of aromatic nitrogens is 2. The standard InChI is InChI=1S/C14H18N2O.C7H12N2.2CH2O/c1-15-14(17)16-13-11-6-2-4-9(11)8-10-5-3-7-12(10)13;1-6(2)9-5-4-7(3)8-9;2*1-2/h8H,2-7H2,1H3,(H2,15,16,17);4-6H,1-3H3;2*1H2. The van der Waals surface area contributed by atoms with Crippen LogP contribution < -0.4 is 10.6 Å². The van der Waals surface area contributed by atoms with Gasteiger partial charge in [0.25, 0.3) is 0 Å². The fourth-order valence-electron chi connectivity index (χ4n) is 3.86. The summed E-state index contributed by atoms with van der Waals surface area (Å²) in [6.45, 7) is 10.2. The second kappa shape index (κ2) is 12.6. The third kappa shape index (κ3) is 6.27. The molecule has 30 heavy (non-hydrogen) atoms. The Morgan fingerprint density at radius 3 is 1.93 bits per heavy atom. The van der Waals surface area contributed by atoms with Crippen LogP contribution in [0.2, 0.25) is 0 Å². The van der Waals surface area contributed by atoms with Crippen LogP contribution in [0.5, 0.6) is 0 Å². The van der Waals surface area contributed by atoms with Crippen molar-refractivity contribution in [2.45, 2.75) is 65.3 Å². The fourth-order valence-corrected chi connectivity index (χ4v) is 3.86. The molecule has 2 amide bonds. The predicted molar refractivity (Wildman–Crippen MR) is 120 cm³/mol. The summed E-state index contributed by atoms with van der Waals surface area (Å²) in [7, 11) is 1.67. The Bertz CT molecular complexity index is 796. The number of carbonyl (C=O) groups excluding carboxylic acids is 3. The highest BCUT2D eigenvalue weighted by atomic mass is 16.2. The Morgan fingerprint density at radius 1 is 1.03 bits per heavy atom. The Labute approximate surface area is 179 Å². The number of amides is 2. The topological polar surface area (TPSA) is 93.1 Å². The highest BCUT2D eigenvalue weighted by Gasteiger charge is 2.24. The van der Waals surface area contributed by atoms with E-state index in [9.17, 15) is 4.79 Å². The Kier molecular flexibility index (Phi) is 10.5. The predicted octanol–water partition coefficient (Wildman–Crippen LogP) is 3.82. The van der Waals surface area contributed by atoms with E-state index in [0.29, 0.717) is 6.04 Å². The van der Waals surface area contributed by atoms with Gasteiger partial charge in [0.1, 0.15) is 13.6 Å². The van der Waals surface area contributed by atoms with Crippen LogP contribution in [-0.4, -0.2) is 36.4 Å². The van der Waals surface area contributed by atoms with E-state index in [2.05, 4.69) is 35.6 Å². The van der Waals surface area contributed by atoms with Crippen molar-refractivity contribution in [2.24, 2.45) is 0 Å². The van der Waals surface area contributed by atoms with Crippen LogP contribution in [0.1, 0.15) is 60.7 Å². The molecule has 1 heterocycles. The average molecular weight is 415 g/mol. The summed E-state index contributed by atoms with van der Waals surface area (Å²) in [5.74, 6) is 0. The molecular formula is C23H34N4O3. The molecule has 1 aromatic heterocycles. The van der Waals surface area contributed by atoms with Gasteiger partial charge in [0.05, 0.1) is 5.69 Å². The number of fused-ring (bicyclic) bond motifs is 2. The zero-order valence-corrected chi connectivity index (χ0v) is 18.6. The van der Waals surface area contributed by atoms with Gasteiger partial charge in [-0.3, -0.25) is 4.68 Å². The summed E-state index contributed by atoms with van der Waals surface area (Å²) < 4.78 is 1.95. The molecule has 0 bridgehead atoms. The second-order valence-electron chi connectivity index (χ2n) is 7.47. The molecule has 1 aromatic carbocycles. The highest BCUT2D eigenvalue weighted by Crippen LogP contribution is 2.38. The molecule has 2 N–H and O–H groups in total. The van der Waals surface area contributed by atoms with E-state index in [1.54, 1.807) is 7.05 Å². The van der Waals surface area contributed by atoms with Crippen molar-refractivity contribution in [2.75, 3.05) is 12.4 Å². The van der Waals surface area contributed by atoms with Crippen LogP contribution >= 0.6 is 0 Å². The number of urea groups is 1. The molecule has 2 aliphatic rings. The number of hydrogen-bond acceptors (Lipinski definition) is 4. The van der Waals surface area contributed by atoms with E-state index in [1.807, 2.05) is 37.4 Å². The molecule has 7 nitrogen and oxygen atoms in total. The molecule has 164 valence electrons. The van der Waals surface area contributed by atoms with Gasteiger partial charge >= 0.3 is 6.03 Å². The molecular weight excluding hydrogens is 380 g/mol. The molecule has 0 unspecified atom stereocenters. The lowest BCUT2D eigenvalue weighted by Gasteiger charge is -2.15. The van der Waals surface area contributed by atoms with Crippen molar-refractivity contribution in [3.63, 3.8) is 0 Å². The monoisotopic (exact) mass is 414 g/mol. The van der Waals surface area contributed by atoms with Gasteiger partial charge in [-0.05, 0) is 87.6 Å². The first-order valence-corrected chi connectivity index (χ1v) is 10.2. The summed E-state index contributed by atoms with van der Waals surface area (Å²) in [6, 6.07) is 4.78. The number of aryl methyl sites for hydroxylation is 3. The van der Waals surface area contributed by atoms with E-state index in [-0.39, 0.29) is 6.03 Å². The highest BCUT2D eigenvalue weighted by molar-refractivity contribution is 5.91. The van der Waals surface area contributed by atoms with Crippen molar-refractivity contribution in [1.82, 2.24) is 15.1 Å². The Balaban J connectivity index is 0.000000294. The van der Waals surface area contributed by atoms with Crippen molar-refractivity contribution in [1.29, 1.82) is 0 Å². The molecule has 2 aliphatic carbocycles. The summed E-state index contributed by atoms with van der Waals surface area (Å²) in [4.78, 5) is 27.6. The van der Waals surface area contributed by atoms with Gasteiger partial charge < -0.3 is 20.2 Å². The van der Waals surface area contributed by atoms with E-state index < -0.39 is 0 Å². The minimum Gasteiger partial charge on any atom is -0.341 e. The molecule has 2 aromatic rings. The van der Waals surface area contributed by atoms with Crippen molar-refractivity contribution in [3.8, 4) is 0 Å². The van der Waals surface area contributed by atoms with Gasteiger partial charge in [0.15, 0.2) is 0 Å². The van der Waals surface area contributed by atoms with Gasteiger partial charge in [-0.15, -0.1) is 0 Å². The third-order valence-electron chi connectivity index (χ3n) is 5.21. The maximum Gasteiger partial charge on any atom is 0.318 e. The molecule has 7 heteroatoms. The minimum absolute atomic E-state index is 0.0978. The first kappa shape index (κ1) is 25.1. The normalized spacial score (nSPS) is 12.8. The van der Waals surface area contributed by atoms with Gasteiger partial charge in [-0.2, -0.15) is 5.10 Å². The lowest BCUT2D eigenvalue weighted by molar-refractivity contribution is -0.0987. The van der Waals surface area contributed by atoms with Crippen LogP contribution in [0.15, 0.2) is 18.3 Å². The van der Waals surface area contributed by atoms with E-state index in [1.165, 1.54) is 47.9 Å². The first-order valence-electron chi connectivity index (χ1n) is 10.2. The maximum atomic E-state index is 11.6. The van der Waals surface area contributed by atoms with E-state index >= 15 is 0 Å². The van der Waals surface area contributed by atoms with Crippen molar-refractivity contribution < 1.29 is 14.4 Å². The molecule has 0 saturated carbocycles. The average Bonchev–Trinajstić information content (AvgIpc) is 3.51. The lowest BCUT2D eigenvalue weighted by atomic mass is 9.99. The first-order chi connectivity index (χ1) is 14.5. The quantitative estimate of drug-likeness (QED) is 0.781. The smallest absolute Gasteiger partial charge is 0.318 e. The summed E-state index contributed by atoms with van der Waals surface area (Å²) >= 11 is 0. The second-order valence-corrected chi connectivity index (χ2v) is 7.47. The zero-order valence-electron chi connectivity index (χ0n) is 18.6. The van der Waals surface area contributed by atoms with Crippen LogP contribution in [0, 0.1) is 6.92 Å². The lowest BCUT2D eigenvalue weighted by Crippen LogP contribution is -2.25. The van der Waals surface area contributed by atoms with E-state index in [4.69, 9.17) is 9.59 Å². The maximum absolute atomic E-state index is 11.6. The molecule has 0 atom stereocenters. The molecule has 0 saturated heterocycles. The van der Waals surface area contributed by atoms with Crippen molar-refractivity contribution in [3.05, 3.63) is 46.3 Å². The van der Waals surface area contributed by atoms with E-state index in [0.717, 1.165) is 24.2 Å². The van der Waals surface area contributed by atoms with Gasteiger partial charge in [0, 0.05) is 25.0 Å². The summed E-state index contributed by atoms with van der Waals surface area (Å²) in [5, 5.41) is 9.91. The van der Waals surface area contributed by atoms with Crippen LogP contribution in [0.3, 0.4) is 0 Å². The summed E-state index contributed by atoms with van der Waals surface area (Å²) in [5.41, 5.74) is 7.88. The number of rotatable bonds is 2. The van der Waals surface area contributed by atoms with Gasteiger partial charge in [-0.1, -0.05) is 6.07 Å². The largest absolute Gasteiger partial charge is 0.341 e. The number of anilines is 1. The van der Waals surface area contributed by atoms with Crippen LogP contribution in [0.25, 0.3) is 0 Å². The number of benzene rings is 1. The van der Waals surface area contributed by atoms with Crippen molar-refractivity contribution >= 4 is 25.3 Å². The minimum atomic E-state index is -0.0978. The molecule has 0 aliphatic heterocycles. The summed E-state index contributed by atoms with van der Waals surface area (Å²) in [6.07, 6.45) is 9.02. The van der Waals surface area contributed by atoms with Gasteiger partial charge in [-0.25, -0.2) is 4.79 Å². The molecule has 4 rings (SSSR count). The number of hydrogen-bond donors (Lipinski definition) is 2. The molecule has 0 radical (unpaired) electrons. The Morgan fingerprint density at radius 2 is 1.57 bits per heavy atom. The van der Waals surface area contributed by atoms with Crippen LogP contribution in [-0.2, 0) is 35.3 Å². The number of carbonyl (C=O) groups is 3. The zero-order chi connectivity index (χ0) is 22.7. The van der Waals surface area contributed by atoms with Crippen LogP contribution in [0.4, 0.5) is 10.5 Å². The SMILES string of the molecule is C=O.C=O.CNC(=O)Nc1c2c(cc3c1CCC3)CCC2.Cc1ccn(C(C)C)n1. The number of nitrogens with one attached hydrogen (secondary N) is 2. The molecule has 0 fully saturated rings. The Hall–Kier alpha value is -2.96. The number of nitrogens with zero attached hydrogens (tertiary/aromatic N) is 2. The molecule has 0 spiro atoms.